The topological polar surface area (TPSA) is 40.5 Å². The monoisotopic (exact) mass is 58.0 g/mol. The smallest absolute Gasteiger partial charge is 0.208 e. The molecule has 22 valence electrons. The Morgan fingerprint density at radius 3 is 1.25 bits per heavy atom. The molecule has 0 atom stereocenters. The largest absolute Gasteiger partial charge is 0.502 e. The number of aliphatic hydroxyl groups is 2. The lowest BCUT2D eigenvalue weighted by Gasteiger charge is -1.50. The molecule has 0 unspecified atom stereocenters. The highest BCUT2D eigenvalue weighted by Gasteiger charge is 1.43. The number of hydrogen-bond donors (Lipinski definition) is 2. The first kappa shape index (κ1) is 3.34. The van der Waals surface area contributed by atoms with Crippen molar-refractivity contribution in [1.29, 1.82) is 0 Å². The van der Waals surface area contributed by atoms with Gasteiger partial charge < -0.3 is 10.2 Å². The van der Waals surface area contributed by atoms with E-state index in [1.807, 2.05) is 0 Å². The van der Waals surface area contributed by atoms with Gasteiger partial charge >= 0.3 is 0 Å². The predicted molar refractivity (Wildman–Crippen MR) is 11.7 cm³/mol. The molecule has 2 radical (unpaired) electrons. The van der Waals surface area contributed by atoms with Crippen LogP contribution in [-0.4, -0.2) is 10.2 Å². The summed E-state index contributed by atoms with van der Waals surface area (Å²) < 4.78 is 0. The molecule has 0 heterocycles. The zero-order chi connectivity index (χ0) is 3.41. The SMILES string of the molecule is O/[C]=[C]/O. The van der Waals surface area contributed by atoms with Gasteiger partial charge in [0.2, 0.25) is 12.5 Å². The maximum atomic E-state index is 7.26. The summed E-state index contributed by atoms with van der Waals surface area (Å²) in [6.45, 7) is 0. The first-order chi connectivity index (χ1) is 1.91. The van der Waals surface area contributed by atoms with Gasteiger partial charge in [0.25, 0.3) is 0 Å². The van der Waals surface area contributed by atoms with Crippen LogP contribution in [0.25, 0.3) is 0 Å². The van der Waals surface area contributed by atoms with Gasteiger partial charge in [0.15, 0.2) is 0 Å². The van der Waals surface area contributed by atoms with E-state index < -0.39 is 0 Å². The molecule has 0 aromatic heterocycles. The van der Waals surface area contributed by atoms with Crippen molar-refractivity contribution in [3.05, 3.63) is 12.5 Å². The molecule has 0 spiro atoms. The van der Waals surface area contributed by atoms with Gasteiger partial charge in [-0.05, 0) is 0 Å². The molecule has 0 aromatic carbocycles. The van der Waals surface area contributed by atoms with Crippen LogP contribution in [-0.2, 0) is 0 Å². The molecule has 2 nitrogen and oxygen atoms in total. The minimum atomic E-state index is 1.24. The molecule has 0 amide bonds. The average Bonchev–Trinajstić information content (AvgIpc) is 1.37. The van der Waals surface area contributed by atoms with Gasteiger partial charge in [-0.1, -0.05) is 0 Å². The maximum absolute atomic E-state index is 7.26. The van der Waals surface area contributed by atoms with Gasteiger partial charge in [-0.15, -0.1) is 0 Å². The first-order valence-corrected chi connectivity index (χ1v) is 0.697. The molecule has 0 fully saturated rings. The second-order valence-corrected chi connectivity index (χ2v) is 0.224. The van der Waals surface area contributed by atoms with Gasteiger partial charge in [-0.2, -0.15) is 0 Å². The standard InChI is InChI=1S/C2H2O2/c3-1-2-4/h3-4H. The molecule has 0 saturated heterocycles. The van der Waals surface area contributed by atoms with Gasteiger partial charge in [0.05, 0.1) is 0 Å². The number of aliphatic hydroxyl groups excluding tert-OH is 2. The second kappa shape index (κ2) is 2.34. The van der Waals surface area contributed by atoms with E-state index in [0.29, 0.717) is 0 Å². The van der Waals surface area contributed by atoms with Crippen molar-refractivity contribution in [3.8, 4) is 0 Å². The fourth-order valence-electron chi connectivity index (χ4n) is 0. The van der Waals surface area contributed by atoms with E-state index in [1.54, 1.807) is 0 Å². The van der Waals surface area contributed by atoms with Crippen LogP contribution in [0, 0.1) is 12.5 Å². The molecule has 0 rings (SSSR count). The molecule has 0 saturated carbocycles. The highest BCUT2D eigenvalue weighted by atomic mass is 16.3. The Bertz CT molecular complexity index is 19.2. The van der Waals surface area contributed by atoms with Crippen LogP contribution < -0.4 is 0 Å². The molecule has 4 heavy (non-hydrogen) atoms. The molecule has 2 heteroatoms. The van der Waals surface area contributed by atoms with Gasteiger partial charge in [-0.25, -0.2) is 0 Å². The summed E-state index contributed by atoms with van der Waals surface area (Å²) in [5, 5.41) is 14.5. The van der Waals surface area contributed by atoms with Crippen molar-refractivity contribution >= 4 is 0 Å². The van der Waals surface area contributed by atoms with Crippen LogP contribution >= 0.6 is 0 Å². The molecule has 0 aliphatic rings. The summed E-state index contributed by atoms with van der Waals surface area (Å²) in [6.07, 6.45) is 2.47. The molecular weight excluding hydrogens is 56.0 g/mol. The summed E-state index contributed by atoms with van der Waals surface area (Å²) in [4.78, 5) is 0. The third-order valence-electron chi connectivity index (χ3n) is 0.0500. The highest BCUT2D eigenvalue weighted by Crippen LogP contribution is 1.39. The third-order valence-corrected chi connectivity index (χ3v) is 0.0500. The fourth-order valence-corrected chi connectivity index (χ4v) is 0. The van der Waals surface area contributed by atoms with E-state index in [1.165, 1.54) is 12.5 Å². The normalized spacial score (nSPS) is 9.00. The van der Waals surface area contributed by atoms with Crippen LogP contribution in [0.1, 0.15) is 0 Å². The van der Waals surface area contributed by atoms with E-state index in [0.717, 1.165) is 0 Å². The number of rotatable bonds is 0. The van der Waals surface area contributed by atoms with Gasteiger partial charge in [-0.3, -0.25) is 0 Å². The Labute approximate surface area is 24.0 Å². The summed E-state index contributed by atoms with van der Waals surface area (Å²) in [7, 11) is 0. The minimum Gasteiger partial charge on any atom is -0.502 e. The summed E-state index contributed by atoms with van der Waals surface area (Å²) in [6, 6.07) is 0. The Morgan fingerprint density at radius 1 is 1.00 bits per heavy atom. The molecular formula is C2H2O2. The summed E-state index contributed by atoms with van der Waals surface area (Å²) in [5.41, 5.74) is 0. The van der Waals surface area contributed by atoms with Crippen molar-refractivity contribution in [2.45, 2.75) is 0 Å². The van der Waals surface area contributed by atoms with Crippen LogP contribution in [0.2, 0.25) is 0 Å². The lowest BCUT2D eigenvalue weighted by molar-refractivity contribution is 0.363. The third kappa shape index (κ3) is 1.34. The predicted octanol–water partition coefficient (Wildman–Crippen LogP) is 0.180. The van der Waals surface area contributed by atoms with Crippen molar-refractivity contribution in [3.63, 3.8) is 0 Å². The lowest BCUT2D eigenvalue weighted by atomic mass is 11.1. The Morgan fingerprint density at radius 2 is 1.25 bits per heavy atom. The van der Waals surface area contributed by atoms with E-state index in [9.17, 15) is 0 Å². The highest BCUT2D eigenvalue weighted by molar-refractivity contribution is 4.24. The lowest BCUT2D eigenvalue weighted by Crippen LogP contribution is -1.47. The first-order valence-electron chi connectivity index (χ1n) is 0.697. The minimum absolute atomic E-state index is 1.24. The summed E-state index contributed by atoms with van der Waals surface area (Å²) in [5.74, 6) is 0. The maximum Gasteiger partial charge on any atom is 0.208 e. The van der Waals surface area contributed by atoms with Crippen LogP contribution in [0.5, 0.6) is 0 Å². The van der Waals surface area contributed by atoms with E-state index >= 15 is 0 Å². The summed E-state index contributed by atoms with van der Waals surface area (Å²) >= 11 is 0. The van der Waals surface area contributed by atoms with Crippen LogP contribution in [0.3, 0.4) is 0 Å². The molecule has 2 N–H and O–H groups in total. The van der Waals surface area contributed by atoms with Crippen molar-refractivity contribution in [2.75, 3.05) is 0 Å². The van der Waals surface area contributed by atoms with Gasteiger partial charge in [0, 0.05) is 0 Å². The van der Waals surface area contributed by atoms with Crippen LogP contribution in [0.4, 0.5) is 0 Å². The number of hydrogen-bond acceptors (Lipinski definition) is 2. The van der Waals surface area contributed by atoms with Crippen molar-refractivity contribution in [1.82, 2.24) is 0 Å². The van der Waals surface area contributed by atoms with Crippen LogP contribution in [0.15, 0.2) is 0 Å². The average molecular weight is 58.0 g/mol. The molecule has 0 bridgehead atoms. The van der Waals surface area contributed by atoms with Gasteiger partial charge in [0.1, 0.15) is 0 Å². The second-order valence-electron chi connectivity index (χ2n) is 0.224. The Hall–Kier alpha value is -0.660. The molecule has 0 aromatic rings. The Balaban J connectivity index is 2.55. The van der Waals surface area contributed by atoms with E-state index in [2.05, 4.69) is 0 Å². The zero-order valence-corrected chi connectivity index (χ0v) is 1.89. The van der Waals surface area contributed by atoms with E-state index in [-0.39, 0.29) is 0 Å². The molecule has 0 aliphatic heterocycles. The van der Waals surface area contributed by atoms with Crippen molar-refractivity contribution < 1.29 is 10.2 Å². The van der Waals surface area contributed by atoms with E-state index in [4.69, 9.17) is 10.2 Å². The van der Waals surface area contributed by atoms with Crippen molar-refractivity contribution in [2.24, 2.45) is 0 Å². The fraction of sp³-hybridized carbons (Fsp3) is 0. The Kier molecular flexibility index (Phi) is 1.95. The molecule has 0 aliphatic carbocycles. The zero-order valence-electron chi connectivity index (χ0n) is 1.89. The quantitative estimate of drug-likeness (QED) is 0.390.